The predicted octanol–water partition coefficient (Wildman–Crippen LogP) is 1.60. The molecule has 0 atom stereocenters. The molecule has 29 valence electrons. The summed E-state index contributed by atoms with van der Waals surface area (Å²) in [5.74, 6) is 0.510. The first-order valence-corrected chi connectivity index (χ1v) is 2.02. The fourth-order valence-electron chi connectivity index (χ4n) is 0.0772. The number of hydrogen-bond donors (Lipinski definition) is 0. The van der Waals surface area contributed by atoms with Crippen molar-refractivity contribution in [2.45, 2.75) is 6.92 Å². The summed E-state index contributed by atoms with van der Waals surface area (Å²) in [6.07, 6.45) is 4.55. The van der Waals surface area contributed by atoms with Crippen molar-refractivity contribution in [2.75, 3.05) is 5.88 Å². The quantitative estimate of drug-likeness (QED) is 0.428. The summed E-state index contributed by atoms with van der Waals surface area (Å²) in [5, 5.41) is 0. The number of halogens is 1. The number of alkyl halides is 1. The van der Waals surface area contributed by atoms with Crippen LogP contribution in [0.4, 0.5) is 0 Å². The van der Waals surface area contributed by atoms with E-state index in [2.05, 4.69) is 6.08 Å². The van der Waals surface area contributed by atoms with Crippen molar-refractivity contribution in [2.24, 2.45) is 0 Å². The second-order valence-electron chi connectivity index (χ2n) is 0.626. The van der Waals surface area contributed by atoms with Gasteiger partial charge in [-0.25, -0.2) is 0 Å². The van der Waals surface area contributed by atoms with Crippen molar-refractivity contribution in [3.8, 4) is 0 Å². The van der Waals surface area contributed by atoms with Crippen molar-refractivity contribution in [3.05, 3.63) is 12.2 Å². The highest BCUT2D eigenvalue weighted by Crippen LogP contribution is 1.71. The van der Waals surface area contributed by atoms with E-state index in [1.54, 1.807) is 6.08 Å². The Hall–Kier alpha value is 0.0300. The molecule has 1 heteroatoms. The summed E-state index contributed by atoms with van der Waals surface area (Å²) >= 11 is 5.16. The molecule has 0 aromatic heterocycles. The fourth-order valence-corrected chi connectivity index (χ4v) is 0.231. The van der Waals surface area contributed by atoms with Gasteiger partial charge in [0.1, 0.15) is 0 Å². The average molecular weight is 89.5 g/mol. The number of allylic oxidation sites excluding steroid dienone is 2. The van der Waals surface area contributed by atoms with E-state index in [0.29, 0.717) is 5.88 Å². The molecule has 0 saturated heterocycles. The van der Waals surface area contributed by atoms with Gasteiger partial charge >= 0.3 is 0 Å². The van der Waals surface area contributed by atoms with Crippen molar-refractivity contribution in [3.63, 3.8) is 0 Å². The minimum atomic E-state index is 0.510. The largest absolute Gasteiger partial charge is 0.122 e. The van der Waals surface area contributed by atoms with Crippen LogP contribution in [0.25, 0.3) is 0 Å². The minimum Gasteiger partial charge on any atom is -0.122 e. The second-order valence-corrected chi connectivity index (χ2v) is 0.894. The van der Waals surface area contributed by atoms with Crippen LogP contribution in [0.15, 0.2) is 6.08 Å². The van der Waals surface area contributed by atoms with Crippen LogP contribution in [0.3, 0.4) is 0 Å². The van der Waals surface area contributed by atoms with Gasteiger partial charge in [0.05, 0.1) is 0 Å². The van der Waals surface area contributed by atoms with Crippen LogP contribution in [-0.4, -0.2) is 5.88 Å². The molecule has 0 aliphatic rings. The van der Waals surface area contributed by atoms with E-state index >= 15 is 0 Å². The summed E-state index contributed by atoms with van der Waals surface area (Å²) < 4.78 is 0. The van der Waals surface area contributed by atoms with Crippen molar-refractivity contribution in [1.82, 2.24) is 0 Å². The van der Waals surface area contributed by atoms with Gasteiger partial charge in [-0.15, -0.1) is 11.6 Å². The Labute approximate surface area is 37.4 Å². The Balaban J connectivity index is 2.62. The Kier molecular flexibility index (Phi) is 4.05. The number of rotatable bonds is 1. The second kappa shape index (κ2) is 4.03. The molecule has 0 aromatic carbocycles. The molecule has 0 nitrogen and oxygen atoms in total. The molecular formula is C4H6Cl. The first-order chi connectivity index (χ1) is 2.41. The summed E-state index contributed by atoms with van der Waals surface area (Å²) in [5.41, 5.74) is 0. The van der Waals surface area contributed by atoms with E-state index in [1.165, 1.54) is 0 Å². The molecule has 0 heterocycles. The molecule has 0 bridgehead atoms. The standard InChI is InChI=1S/C4H6Cl/c1-2-3-4-5/h2H,4H2,1H3. The average Bonchev–Trinajstić information content (AvgIpc) is 1.41. The lowest BCUT2D eigenvalue weighted by molar-refractivity contribution is 1.58. The van der Waals surface area contributed by atoms with Crippen LogP contribution in [0.1, 0.15) is 6.92 Å². The van der Waals surface area contributed by atoms with E-state index in [0.717, 1.165) is 0 Å². The maximum absolute atomic E-state index is 5.16. The van der Waals surface area contributed by atoms with Crippen molar-refractivity contribution >= 4 is 11.6 Å². The Morgan fingerprint density at radius 2 is 2.60 bits per heavy atom. The Morgan fingerprint density at radius 3 is 2.60 bits per heavy atom. The van der Waals surface area contributed by atoms with Gasteiger partial charge in [0.25, 0.3) is 0 Å². The van der Waals surface area contributed by atoms with Gasteiger partial charge < -0.3 is 0 Å². The topological polar surface area (TPSA) is 0 Å². The third kappa shape index (κ3) is 4.03. The Morgan fingerprint density at radius 1 is 2.00 bits per heavy atom. The molecule has 5 heavy (non-hydrogen) atoms. The first kappa shape index (κ1) is 5.03. The smallest absolute Gasteiger partial charge is 0.0473 e. The van der Waals surface area contributed by atoms with Crippen LogP contribution in [-0.2, 0) is 0 Å². The first-order valence-electron chi connectivity index (χ1n) is 1.49. The van der Waals surface area contributed by atoms with Crippen LogP contribution in [0, 0.1) is 6.08 Å². The molecule has 0 aliphatic heterocycles. The van der Waals surface area contributed by atoms with Crippen LogP contribution < -0.4 is 0 Å². The van der Waals surface area contributed by atoms with E-state index < -0.39 is 0 Å². The summed E-state index contributed by atoms with van der Waals surface area (Å²) in [7, 11) is 0. The maximum atomic E-state index is 5.16. The Bertz CT molecular complexity index is 30.6. The molecule has 0 aromatic rings. The third-order valence-electron chi connectivity index (χ3n) is 0.281. The zero-order valence-electron chi connectivity index (χ0n) is 3.16. The van der Waals surface area contributed by atoms with Crippen molar-refractivity contribution in [1.29, 1.82) is 0 Å². The third-order valence-corrected chi connectivity index (χ3v) is 0.436. The van der Waals surface area contributed by atoms with Crippen molar-refractivity contribution < 1.29 is 0 Å². The van der Waals surface area contributed by atoms with Gasteiger partial charge in [-0.05, 0) is 13.0 Å². The molecule has 0 aliphatic carbocycles. The molecule has 0 saturated carbocycles. The predicted molar refractivity (Wildman–Crippen MR) is 24.2 cm³/mol. The monoisotopic (exact) mass is 89.0 g/mol. The van der Waals surface area contributed by atoms with Gasteiger partial charge in [-0.2, -0.15) is 0 Å². The van der Waals surface area contributed by atoms with Gasteiger partial charge in [-0.3, -0.25) is 0 Å². The highest BCUT2D eigenvalue weighted by molar-refractivity contribution is 6.18. The molecule has 0 fully saturated rings. The number of hydrogen-bond acceptors (Lipinski definition) is 0. The van der Waals surface area contributed by atoms with Gasteiger partial charge in [0.2, 0.25) is 0 Å². The molecule has 0 amide bonds. The van der Waals surface area contributed by atoms with E-state index in [-0.39, 0.29) is 0 Å². The lowest BCUT2D eigenvalue weighted by Crippen LogP contribution is -1.53. The molecule has 0 N–H and O–H groups in total. The molecule has 0 rings (SSSR count). The molecule has 0 spiro atoms. The van der Waals surface area contributed by atoms with Crippen LogP contribution >= 0.6 is 11.6 Å². The summed E-state index contributed by atoms with van der Waals surface area (Å²) in [6.45, 7) is 1.89. The van der Waals surface area contributed by atoms with E-state index in [4.69, 9.17) is 11.6 Å². The lowest BCUT2D eigenvalue weighted by Gasteiger charge is -1.61. The fraction of sp³-hybridized carbons (Fsp3) is 0.500. The molecule has 0 unspecified atom stereocenters. The highest BCUT2D eigenvalue weighted by atomic mass is 35.5. The van der Waals surface area contributed by atoms with E-state index in [9.17, 15) is 0 Å². The molecule has 1 radical (unpaired) electrons. The maximum Gasteiger partial charge on any atom is 0.0473 e. The van der Waals surface area contributed by atoms with Crippen LogP contribution in [0.2, 0.25) is 0 Å². The highest BCUT2D eigenvalue weighted by Gasteiger charge is 1.56. The van der Waals surface area contributed by atoms with Gasteiger partial charge in [-0.1, -0.05) is 6.08 Å². The lowest BCUT2D eigenvalue weighted by atomic mass is 10.6. The summed E-state index contributed by atoms with van der Waals surface area (Å²) in [4.78, 5) is 0. The SMILES string of the molecule is C/C=[C]/CCl. The normalized spacial score (nSPS) is 10.0. The zero-order valence-corrected chi connectivity index (χ0v) is 3.92. The van der Waals surface area contributed by atoms with Crippen LogP contribution in [0.5, 0.6) is 0 Å². The zero-order chi connectivity index (χ0) is 4.12. The van der Waals surface area contributed by atoms with E-state index in [1.807, 2.05) is 6.92 Å². The van der Waals surface area contributed by atoms with Gasteiger partial charge in [0, 0.05) is 5.88 Å². The van der Waals surface area contributed by atoms with Gasteiger partial charge in [0.15, 0.2) is 0 Å². The summed E-state index contributed by atoms with van der Waals surface area (Å²) in [6, 6.07) is 0. The minimum absolute atomic E-state index is 0.510. The molecular weight excluding hydrogens is 83.5 g/mol.